The third kappa shape index (κ3) is 4.56. The Bertz CT molecular complexity index is 984. The molecule has 0 spiro atoms. The number of carbonyl (C=O) groups is 2. The van der Waals surface area contributed by atoms with Gasteiger partial charge in [0.2, 0.25) is 0 Å². The molecule has 1 aliphatic heterocycles. The molecule has 0 saturated heterocycles. The number of imide groups is 1. The first-order valence-corrected chi connectivity index (χ1v) is 9.11. The van der Waals surface area contributed by atoms with E-state index in [4.69, 9.17) is 4.74 Å². The maximum Gasteiger partial charge on any atom is 0.573 e. The summed E-state index contributed by atoms with van der Waals surface area (Å²) in [5.74, 6) is -0.888. The molecule has 158 valence electrons. The minimum atomic E-state index is -4.84. The molecule has 9 heteroatoms. The van der Waals surface area contributed by atoms with E-state index in [1.54, 1.807) is 24.3 Å². The summed E-state index contributed by atoms with van der Waals surface area (Å²) in [6.07, 6.45) is -4.28. The average Bonchev–Trinajstić information content (AvgIpc) is 2.92. The molecule has 2 aromatic carbocycles. The number of hydrogen-bond acceptors (Lipinski definition) is 5. The first-order chi connectivity index (χ1) is 14.2. The van der Waals surface area contributed by atoms with E-state index in [1.165, 1.54) is 19.2 Å². The highest BCUT2D eigenvalue weighted by Crippen LogP contribution is 2.32. The zero-order valence-electron chi connectivity index (χ0n) is 16.2. The summed E-state index contributed by atoms with van der Waals surface area (Å²) in [6.45, 7) is 2.05. The van der Waals surface area contributed by atoms with E-state index in [0.717, 1.165) is 17.0 Å². The van der Waals surface area contributed by atoms with Crippen LogP contribution in [0.1, 0.15) is 18.9 Å². The number of nitrogens with zero attached hydrogens (tertiary/aromatic N) is 1. The maximum absolute atomic E-state index is 12.9. The fraction of sp³-hybridized carbons (Fsp3) is 0.238. The SMILES string of the molecule is CCCN1C(=O)C(Nc2cccc(OC(F)(F)F)c2)=C(c2ccc(OC)cc2)C1=O. The number of hydrogen-bond donors (Lipinski definition) is 1. The Balaban J connectivity index is 2.00. The van der Waals surface area contributed by atoms with E-state index in [0.29, 0.717) is 17.7 Å². The van der Waals surface area contributed by atoms with Crippen molar-refractivity contribution in [2.45, 2.75) is 19.7 Å². The average molecular weight is 420 g/mol. The van der Waals surface area contributed by atoms with Crippen LogP contribution in [0.3, 0.4) is 0 Å². The number of anilines is 1. The minimum absolute atomic E-state index is 0.0113. The highest BCUT2D eigenvalue weighted by molar-refractivity contribution is 6.36. The number of halogens is 3. The van der Waals surface area contributed by atoms with Gasteiger partial charge in [-0.2, -0.15) is 0 Å². The lowest BCUT2D eigenvalue weighted by atomic mass is 10.0. The van der Waals surface area contributed by atoms with Crippen molar-refractivity contribution in [3.8, 4) is 11.5 Å². The lowest BCUT2D eigenvalue weighted by Crippen LogP contribution is -2.33. The third-order valence-corrected chi connectivity index (χ3v) is 4.33. The van der Waals surface area contributed by atoms with Crippen molar-refractivity contribution in [2.75, 3.05) is 19.0 Å². The molecular weight excluding hydrogens is 401 g/mol. The van der Waals surface area contributed by atoms with E-state index in [9.17, 15) is 22.8 Å². The quantitative estimate of drug-likeness (QED) is 0.681. The van der Waals surface area contributed by atoms with Crippen LogP contribution >= 0.6 is 0 Å². The number of alkyl halides is 3. The van der Waals surface area contributed by atoms with Crippen LogP contribution in [-0.4, -0.2) is 36.7 Å². The van der Waals surface area contributed by atoms with Gasteiger partial charge >= 0.3 is 6.36 Å². The van der Waals surface area contributed by atoms with Crippen molar-refractivity contribution in [1.82, 2.24) is 4.90 Å². The number of methoxy groups -OCH3 is 1. The highest BCUT2D eigenvalue weighted by Gasteiger charge is 2.38. The molecule has 3 rings (SSSR count). The summed E-state index contributed by atoms with van der Waals surface area (Å²) < 4.78 is 46.5. The number of amides is 2. The van der Waals surface area contributed by atoms with Crippen molar-refractivity contribution in [2.24, 2.45) is 0 Å². The molecule has 6 nitrogen and oxygen atoms in total. The van der Waals surface area contributed by atoms with Gasteiger partial charge in [-0.15, -0.1) is 13.2 Å². The standard InChI is InChI=1S/C21H19F3N2O4/c1-3-11-26-19(27)17(13-7-9-15(29-2)10-8-13)18(20(26)28)25-14-5-4-6-16(12-14)30-21(22,23)24/h4-10,12,25H,3,11H2,1-2H3. The molecule has 0 aromatic heterocycles. The van der Waals surface area contributed by atoms with Gasteiger partial charge in [-0.05, 0) is 36.2 Å². The molecule has 1 N–H and O–H groups in total. The second-order valence-corrected chi connectivity index (χ2v) is 6.44. The van der Waals surface area contributed by atoms with Crippen molar-refractivity contribution >= 4 is 23.1 Å². The zero-order chi connectivity index (χ0) is 21.9. The number of benzene rings is 2. The molecule has 0 bridgehead atoms. The van der Waals surface area contributed by atoms with Gasteiger partial charge in [0.1, 0.15) is 17.2 Å². The molecule has 2 amide bonds. The van der Waals surface area contributed by atoms with Crippen LogP contribution in [-0.2, 0) is 9.59 Å². The van der Waals surface area contributed by atoms with E-state index in [2.05, 4.69) is 10.1 Å². The Kier molecular flexibility index (Phi) is 6.00. The molecule has 0 atom stereocenters. The van der Waals surface area contributed by atoms with Crippen molar-refractivity contribution in [3.63, 3.8) is 0 Å². The molecular formula is C21H19F3N2O4. The van der Waals surface area contributed by atoms with Crippen molar-refractivity contribution in [1.29, 1.82) is 0 Å². The van der Waals surface area contributed by atoms with Crippen molar-refractivity contribution < 1.29 is 32.2 Å². The summed E-state index contributed by atoms with van der Waals surface area (Å²) >= 11 is 0. The Morgan fingerprint density at radius 3 is 2.30 bits per heavy atom. The van der Waals surface area contributed by atoms with Gasteiger partial charge in [-0.1, -0.05) is 25.1 Å². The summed E-state index contributed by atoms with van der Waals surface area (Å²) in [5.41, 5.74) is 0.788. The van der Waals surface area contributed by atoms with E-state index < -0.39 is 23.9 Å². The topological polar surface area (TPSA) is 67.9 Å². The second-order valence-electron chi connectivity index (χ2n) is 6.44. The predicted octanol–water partition coefficient (Wildman–Crippen LogP) is 4.20. The molecule has 0 unspecified atom stereocenters. The van der Waals surface area contributed by atoms with Gasteiger partial charge in [0.25, 0.3) is 11.8 Å². The number of rotatable bonds is 7. The lowest BCUT2D eigenvalue weighted by Gasteiger charge is -2.14. The normalized spacial score (nSPS) is 14.4. The van der Waals surface area contributed by atoms with Crippen molar-refractivity contribution in [3.05, 3.63) is 59.8 Å². The molecule has 1 aliphatic rings. The molecule has 30 heavy (non-hydrogen) atoms. The monoisotopic (exact) mass is 420 g/mol. The van der Waals surface area contributed by atoms with E-state index in [1.807, 2.05) is 6.92 Å². The van der Waals surface area contributed by atoms with Gasteiger partial charge in [0.15, 0.2) is 0 Å². The van der Waals surface area contributed by atoms with Crippen LogP contribution < -0.4 is 14.8 Å². The summed E-state index contributed by atoms with van der Waals surface area (Å²) in [4.78, 5) is 26.9. The summed E-state index contributed by atoms with van der Waals surface area (Å²) in [6, 6.07) is 11.6. The fourth-order valence-electron chi connectivity index (χ4n) is 3.06. The van der Waals surface area contributed by atoms with Crippen LogP contribution in [0.15, 0.2) is 54.2 Å². The smallest absolute Gasteiger partial charge is 0.497 e. The Labute approximate surface area is 170 Å². The summed E-state index contributed by atoms with van der Waals surface area (Å²) in [5, 5.41) is 2.80. The maximum atomic E-state index is 12.9. The van der Waals surface area contributed by atoms with Gasteiger partial charge in [-0.3, -0.25) is 14.5 Å². The van der Waals surface area contributed by atoms with E-state index in [-0.39, 0.29) is 23.5 Å². The molecule has 0 radical (unpaired) electrons. The second kappa shape index (κ2) is 8.48. The lowest BCUT2D eigenvalue weighted by molar-refractivity contribution is -0.274. The van der Waals surface area contributed by atoms with E-state index >= 15 is 0 Å². The van der Waals surface area contributed by atoms with Crippen LogP contribution in [0, 0.1) is 0 Å². The van der Waals surface area contributed by atoms with Gasteiger partial charge in [-0.25, -0.2) is 0 Å². The highest BCUT2D eigenvalue weighted by atomic mass is 19.4. The minimum Gasteiger partial charge on any atom is -0.497 e. The van der Waals surface area contributed by atoms with Crippen LogP contribution in [0.25, 0.3) is 5.57 Å². The Morgan fingerprint density at radius 2 is 1.70 bits per heavy atom. The van der Waals surface area contributed by atoms with Crippen LogP contribution in [0.4, 0.5) is 18.9 Å². The van der Waals surface area contributed by atoms with Crippen LogP contribution in [0.2, 0.25) is 0 Å². The molecule has 1 heterocycles. The first kappa shape index (κ1) is 21.2. The Morgan fingerprint density at radius 1 is 1.00 bits per heavy atom. The van der Waals surface area contributed by atoms with Gasteiger partial charge in [0.05, 0.1) is 12.7 Å². The van der Waals surface area contributed by atoms with Crippen LogP contribution in [0.5, 0.6) is 11.5 Å². The molecule has 0 aliphatic carbocycles. The predicted molar refractivity (Wildman–Crippen MR) is 104 cm³/mol. The fourth-order valence-corrected chi connectivity index (χ4v) is 3.06. The zero-order valence-corrected chi connectivity index (χ0v) is 16.2. The molecule has 2 aromatic rings. The number of ether oxygens (including phenoxy) is 2. The first-order valence-electron chi connectivity index (χ1n) is 9.11. The number of nitrogens with one attached hydrogen (secondary N) is 1. The molecule has 0 fully saturated rings. The largest absolute Gasteiger partial charge is 0.573 e. The molecule has 0 saturated carbocycles. The van der Waals surface area contributed by atoms with Gasteiger partial charge < -0.3 is 14.8 Å². The summed E-state index contributed by atoms with van der Waals surface area (Å²) in [7, 11) is 1.50. The number of carbonyl (C=O) groups excluding carboxylic acids is 2. The van der Waals surface area contributed by atoms with Gasteiger partial charge in [0, 0.05) is 18.3 Å². The Hall–Kier alpha value is -3.49. The third-order valence-electron chi connectivity index (χ3n) is 4.33.